The number of hydrogen-bond donors (Lipinski definition) is 1. The van der Waals surface area contributed by atoms with E-state index in [0.29, 0.717) is 12.0 Å². The van der Waals surface area contributed by atoms with Gasteiger partial charge in [0.05, 0.1) is 11.7 Å². The monoisotopic (exact) mass is 282 g/mol. The van der Waals surface area contributed by atoms with E-state index in [2.05, 4.69) is 39.5 Å². The maximum atomic E-state index is 6.35. The molecule has 2 N–H and O–H groups in total. The van der Waals surface area contributed by atoms with Crippen LogP contribution in [0.15, 0.2) is 0 Å². The van der Waals surface area contributed by atoms with Crippen LogP contribution in [0, 0.1) is 11.8 Å². The van der Waals surface area contributed by atoms with Crippen molar-refractivity contribution in [3.8, 4) is 0 Å². The minimum Gasteiger partial charge on any atom is -0.370 e. The van der Waals surface area contributed by atoms with Crippen molar-refractivity contribution in [1.29, 1.82) is 0 Å². The largest absolute Gasteiger partial charge is 0.370 e. The van der Waals surface area contributed by atoms with Gasteiger partial charge in [0, 0.05) is 25.2 Å². The van der Waals surface area contributed by atoms with Gasteiger partial charge in [0.15, 0.2) is 0 Å². The predicted molar refractivity (Wildman–Crippen MR) is 84.8 cm³/mol. The summed E-state index contributed by atoms with van der Waals surface area (Å²) in [5, 5.41) is 0. The minimum atomic E-state index is -0.0567. The van der Waals surface area contributed by atoms with Crippen LogP contribution in [0.1, 0.15) is 60.3 Å². The Morgan fingerprint density at radius 3 is 2.55 bits per heavy atom. The van der Waals surface area contributed by atoms with Crippen LogP contribution >= 0.6 is 0 Å². The number of morpholine rings is 1. The summed E-state index contributed by atoms with van der Waals surface area (Å²) in [6, 6.07) is 0. The van der Waals surface area contributed by atoms with Crippen molar-refractivity contribution in [3.63, 3.8) is 0 Å². The first-order valence-electron chi connectivity index (χ1n) is 8.44. The zero-order chi connectivity index (χ0) is 15.0. The summed E-state index contributed by atoms with van der Waals surface area (Å²) in [5.41, 5.74) is 6.49. The van der Waals surface area contributed by atoms with Crippen LogP contribution in [0.25, 0.3) is 0 Å². The quantitative estimate of drug-likeness (QED) is 0.864. The summed E-state index contributed by atoms with van der Waals surface area (Å²) in [6.07, 6.45) is 5.59. The maximum Gasteiger partial charge on any atom is 0.0757 e. The lowest BCUT2D eigenvalue weighted by molar-refractivity contribution is -0.168. The van der Waals surface area contributed by atoms with Crippen molar-refractivity contribution in [3.05, 3.63) is 0 Å². The minimum absolute atomic E-state index is 0.0567. The summed E-state index contributed by atoms with van der Waals surface area (Å²) in [5.74, 6) is 1.43. The lowest BCUT2D eigenvalue weighted by Crippen LogP contribution is -2.67. The molecule has 0 radical (unpaired) electrons. The second-order valence-electron chi connectivity index (χ2n) is 7.97. The predicted octanol–water partition coefficient (Wildman–Crippen LogP) is 3.03. The molecule has 1 aliphatic carbocycles. The molecule has 3 nitrogen and oxygen atoms in total. The molecule has 0 aromatic carbocycles. The molecule has 0 aromatic heterocycles. The molecule has 0 spiro atoms. The lowest BCUT2D eigenvalue weighted by Gasteiger charge is -2.57. The number of nitrogens with zero attached hydrogens (tertiary/aromatic N) is 1. The van der Waals surface area contributed by atoms with Crippen LogP contribution in [-0.4, -0.2) is 41.8 Å². The van der Waals surface area contributed by atoms with Crippen molar-refractivity contribution in [2.45, 2.75) is 77.5 Å². The normalized spacial score (nSPS) is 39.1. The van der Waals surface area contributed by atoms with E-state index in [-0.39, 0.29) is 11.1 Å². The van der Waals surface area contributed by atoms with Crippen molar-refractivity contribution in [1.82, 2.24) is 4.90 Å². The lowest BCUT2D eigenvalue weighted by atomic mass is 9.66. The fraction of sp³-hybridized carbons (Fsp3) is 1.00. The van der Waals surface area contributed by atoms with Crippen LogP contribution in [0.2, 0.25) is 0 Å². The Morgan fingerprint density at radius 1 is 1.30 bits per heavy atom. The average molecular weight is 282 g/mol. The van der Waals surface area contributed by atoms with E-state index in [1.54, 1.807) is 0 Å². The fourth-order valence-corrected chi connectivity index (χ4v) is 4.77. The van der Waals surface area contributed by atoms with E-state index in [9.17, 15) is 0 Å². The van der Waals surface area contributed by atoms with Crippen LogP contribution in [0.3, 0.4) is 0 Å². The topological polar surface area (TPSA) is 38.5 Å². The molecule has 1 aliphatic heterocycles. The van der Waals surface area contributed by atoms with E-state index in [1.807, 2.05) is 0 Å². The Hall–Kier alpha value is -0.120. The standard InChI is InChI=1S/C17H34N2O/c1-13(2)15-8-6-7-9-17(15,11-18)19-10-14(3)20-16(4,5)12-19/h13-15H,6-12,18H2,1-5H3. The Kier molecular flexibility index (Phi) is 4.83. The first kappa shape index (κ1) is 16.3. The van der Waals surface area contributed by atoms with Gasteiger partial charge in [-0.2, -0.15) is 0 Å². The Bertz CT molecular complexity index is 329. The highest BCUT2D eigenvalue weighted by molar-refractivity contribution is 5.03. The third-order valence-corrected chi connectivity index (χ3v) is 5.42. The summed E-state index contributed by atoms with van der Waals surface area (Å²) in [7, 11) is 0. The zero-order valence-corrected chi connectivity index (χ0v) is 14.1. The second-order valence-corrected chi connectivity index (χ2v) is 7.97. The molecule has 0 amide bonds. The molecule has 3 unspecified atom stereocenters. The number of ether oxygens (including phenoxy) is 1. The van der Waals surface area contributed by atoms with Crippen LogP contribution in [0.4, 0.5) is 0 Å². The summed E-state index contributed by atoms with van der Waals surface area (Å²) in [4.78, 5) is 2.69. The fourth-order valence-electron chi connectivity index (χ4n) is 4.77. The van der Waals surface area contributed by atoms with Crippen molar-refractivity contribution in [2.24, 2.45) is 17.6 Å². The van der Waals surface area contributed by atoms with Gasteiger partial charge in [-0.25, -0.2) is 0 Å². The first-order valence-corrected chi connectivity index (χ1v) is 8.44. The van der Waals surface area contributed by atoms with Crippen molar-refractivity contribution < 1.29 is 4.74 Å². The molecule has 0 aromatic rings. The molecule has 1 saturated heterocycles. The molecule has 118 valence electrons. The molecule has 2 rings (SSSR count). The van der Waals surface area contributed by atoms with Gasteiger partial charge in [-0.3, -0.25) is 4.90 Å². The maximum absolute atomic E-state index is 6.35. The number of rotatable bonds is 3. The zero-order valence-electron chi connectivity index (χ0n) is 14.1. The van der Waals surface area contributed by atoms with Gasteiger partial charge < -0.3 is 10.5 Å². The average Bonchev–Trinajstić information content (AvgIpc) is 2.36. The molecule has 3 heteroatoms. The molecular formula is C17H34N2O. The molecule has 2 fully saturated rings. The molecular weight excluding hydrogens is 248 g/mol. The van der Waals surface area contributed by atoms with Crippen LogP contribution in [0.5, 0.6) is 0 Å². The van der Waals surface area contributed by atoms with Gasteiger partial charge >= 0.3 is 0 Å². The smallest absolute Gasteiger partial charge is 0.0757 e. The molecule has 2 aliphatic rings. The molecule has 0 bridgehead atoms. The van der Waals surface area contributed by atoms with Crippen molar-refractivity contribution >= 4 is 0 Å². The summed E-state index contributed by atoms with van der Waals surface area (Å²) >= 11 is 0. The van der Waals surface area contributed by atoms with Gasteiger partial charge in [0.25, 0.3) is 0 Å². The molecule has 3 atom stereocenters. The highest BCUT2D eigenvalue weighted by Gasteiger charge is 2.48. The Balaban J connectivity index is 2.28. The highest BCUT2D eigenvalue weighted by Crippen LogP contribution is 2.43. The highest BCUT2D eigenvalue weighted by atomic mass is 16.5. The Labute approximate surface area is 125 Å². The first-order chi connectivity index (χ1) is 9.31. The van der Waals surface area contributed by atoms with E-state index in [0.717, 1.165) is 25.6 Å². The van der Waals surface area contributed by atoms with Gasteiger partial charge in [-0.05, 0) is 45.4 Å². The van der Waals surface area contributed by atoms with Gasteiger partial charge in [0.1, 0.15) is 0 Å². The van der Waals surface area contributed by atoms with E-state index in [4.69, 9.17) is 10.5 Å². The van der Waals surface area contributed by atoms with Gasteiger partial charge in [-0.1, -0.05) is 26.7 Å². The van der Waals surface area contributed by atoms with Gasteiger partial charge in [0.2, 0.25) is 0 Å². The number of hydrogen-bond acceptors (Lipinski definition) is 3. The summed E-state index contributed by atoms with van der Waals surface area (Å²) in [6.45, 7) is 14.2. The number of nitrogens with two attached hydrogens (primary N) is 1. The second kappa shape index (κ2) is 5.94. The van der Waals surface area contributed by atoms with E-state index < -0.39 is 0 Å². The van der Waals surface area contributed by atoms with Crippen LogP contribution < -0.4 is 5.73 Å². The summed E-state index contributed by atoms with van der Waals surface area (Å²) < 4.78 is 6.10. The van der Waals surface area contributed by atoms with E-state index >= 15 is 0 Å². The van der Waals surface area contributed by atoms with Gasteiger partial charge in [-0.15, -0.1) is 0 Å². The van der Waals surface area contributed by atoms with Crippen LogP contribution in [-0.2, 0) is 4.74 Å². The Morgan fingerprint density at radius 2 is 2.00 bits per heavy atom. The molecule has 1 heterocycles. The molecule has 1 saturated carbocycles. The third kappa shape index (κ3) is 3.05. The SMILES string of the molecule is CC1CN(C2(CN)CCCCC2C(C)C)CC(C)(C)O1. The molecule has 20 heavy (non-hydrogen) atoms. The van der Waals surface area contributed by atoms with E-state index in [1.165, 1.54) is 25.7 Å². The third-order valence-electron chi connectivity index (χ3n) is 5.42. The van der Waals surface area contributed by atoms with Crippen molar-refractivity contribution in [2.75, 3.05) is 19.6 Å².